The fourth-order valence-electron chi connectivity index (χ4n) is 2.36. The van der Waals surface area contributed by atoms with Crippen LogP contribution in [0.25, 0.3) is 10.2 Å². The van der Waals surface area contributed by atoms with E-state index in [9.17, 15) is 0 Å². The first kappa shape index (κ1) is 17.1. The molecule has 0 radical (unpaired) electrons. The SMILES string of the molecule is CCCCc1ccc(NC(=S)Nc2nc3c(Cl)cccc3s2)cc1. The van der Waals surface area contributed by atoms with Crippen LogP contribution in [0.4, 0.5) is 10.8 Å². The number of para-hydroxylation sites is 1. The van der Waals surface area contributed by atoms with Crippen LogP contribution in [0, 0.1) is 0 Å². The maximum absolute atomic E-state index is 6.16. The molecule has 0 saturated carbocycles. The normalized spacial score (nSPS) is 10.8. The number of aryl methyl sites for hydroxylation is 1. The maximum atomic E-state index is 6.16. The summed E-state index contributed by atoms with van der Waals surface area (Å²) in [5.41, 5.74) is 3.11. The number of thiocarbonyl (C=S) groups is 1. The number of rotatable bonds is 5. The van der Waals surface area contributed by atoms with Gasteiger partial charge in [0.25, 0.3) is 0 Å². The first-order valence-corrected chi connectivity index (χ1v) is 9.48. The van der Waals surface area contributed by atoms with Crippen LogP contribution in [0.2, 0.25) is 5.02 Å². The molecule has 0 saturated heterocycles. The van der Waals surface area contributed by atoms with Gasteiger partial charge in [-0.05, 0) is 54.9 Å². The third-order valence-corrected chi connectivity index (χ3v) is 5.07. The lowest BCUT2D eigenvalue weighted by molar-refractivity contribution is 0.795. The van der Waals surface area contributed by atoms with Crippen molar-refractivity contribution in [1.82, 2.24) is 4.98 Å². The van der Waals surface area contributed by atoms with Gasteiger partial charge in [0.1, 0.15) is 5.52 Å². The lowest BCUT2D eigenvalue weighted by Crippen LogP contribution is -2.18. The number of nitrogens with one attached hydrogen (secondary N) is 2. The predicted octanol–water partition coefficient (Wildman–Crippen LogP) is 6.10. The van der Waals surface area contributed by atoms with Crippen molar-refractivity contribution in [3.8, 4) is 0 Å². The third-order valence-electron chi connectivity index (χ3n) is 3.62. The zero-order valence-electron chi connectivity index (χ0n) is 13.3. The molecule has 3 rings (SSSR count). The van der Waals surface area contributed by atoms with Gasteiger partial charge in [-0.25, -0.2) is 4.98 Å². The highest BCUT2D eigenvalue weighted by molar-refractivity contribution is 7.80. The molecule has 0 unspecified atom stereocenters. The number of benzene rings is 2. The predicted molar refractivity (Wildman–Crippen MR) is 110 cm³/mol. The summed E-state index contributed by atoms with van der Waals surface area (Å²) in [6.45, 7) is 2.20. The van der Waals surface area contributed by atoms with Crippen molar-refractivity contribution in [3.05, 3.63) is 53.1 Å². The highest BCUT2D eigenvalue weighted by atomic mass is 35.5. The zero-order chi connectivity index (χ0) is 16.9. The van der Waals surface area contributed by atoms with Gasteiger partial charge in [-0.15, -0.1) is 0 Å². The Kier molecular flexibility index (Phi) is 5.66. The van der Waals surface area contributed by atoms with E-state index < -0.39 is 0 Å². The molecule has 24 heavy (non-hydrogen) atoms. The number of halogens is 1. The summed E-state index contributed by atoms with van der Waals surface area (Å²) in [6, 6.07) is 14.1. The lowest BCUT2D eigenvalue weighted by atomic mass is 10.1. The Bertz CT molecular complexity index is 843. The van der Waals surface area contributed by atoms with Crippen LogP contribution in [0.15, 0.2) is 42.5 Å². The maximum Gasteiger partial charge on any atom is 0.190 e. The van der Waals surface area contributed by atoms with Crippen LogP contribution in [-0.4, -0.2) is 10.1 Å². The molecular weight excluding hydrogens is 358 g/mol. The molecule has 0 spiro atoms. The quantitative estimate of drug-likeness (QED) is 0.528. The average molecular weight is 376 g/mol. The third kappa shape index (κ3) is 4.23. The van der Waals surface area contributed by atoms with E-state index in [4.69, 9.17) is 23.8 Å². The van der Waals surface area contributed by atoms with Gasteiger partial charge >= 0.3 is 0 Å². The second-order valence-corrected chi connectivity index (χ2v) is 7.33. The van der Waals surface area contributed by atoms with Gasteiger partial charge in [0.15, 0.2) is 10.2 Å². The Hall–Kier alpha value is -1.69. The topological polar surface area (TPSA) is 37.0 Å². The van der Waals surface area contributed by atoms with Gasteiger partial charge in [-0.1, -0.05) is 54.5 Å². The van der Waals surface area contributed by atoms with Crippen molar-refractivity contribution >= 4 is 61.3 Å². The molecule has 124 valence electrons. The summed E-state index contributed by atoms with van der Waals surface area (Å²) in [6.07, 6.45) is 3.54. The lowest BCUT2D eigenvalue weighted by Gasteiger charge is -2.09. The molecule has 0 aliphatic heterocycles. The minimum Gasteiger partial charge on any atom is -0.332 e. The van der Waals surface area contributed by atoms with Crippen molar-refractivity contribution in [3.63, 3.8) is 0 Å². The molecule has 0 aliphatic carbocycles. The number of hydrogen-bond acceptors (Lipinski definition) is 3. The number of aromatic nitrogens is 1. The fraction of sp³-hybridized carbons (Fsp3) is 0.222. The van der Waals surface area contributed by atoms with Gasteiger partial charge in [-0.2, -0.15) is 0 Å². The van der Waals surface area contributed by atoms with Crippen molar-refractivity contribution in [2.45, 2.75) is 26.2 Å². The molecule has 1 aromatic heterocycles. The van der Waals surface area contributed by atoms with Gasteiger partial charge in [0.2, 0.25) is 0 Å². The molecule has 2 N–H and O–H groups in total. The van der Waals surface area contributed by atoms with Gasteiger partial charge < -0.3 is 10.6 Å². The van der Waals surface area contributed by atoms with Crippen LogP contribution in [0.1, 0.15) is 25.3 Å². The molecule has 0 aliphatic rings. The summed E-state index contributed by atoms with van der Waals surface area (Å²) >= 11 is 13.1. The van der Waals surface area contributed by atoms with E-state index in [1.807, 2.05) is 30.3 Å². The number of thiazole rings is 1. The molecule has 3 nitrogen and oxygen atoms in total. The van der Waals surface area contributed by atoms with Gasteiger partial charge in [0, 0.05) is 5.69 Å². The first-order valence-electron chi connectivity index (χ1n) is 7.87. The molecule has 0 bridgehead atoms. The monoisotopic (exact) mass is 375 g/mol. The highest BCUT2D eigenvalue weighted by Crippen LogP contribution is 2.30. The molecule has 0 atom stereocenters. The van der Waals surface area contributed by atoms with E-state index in [2.05, 4.69) is 34.7 Å². The average Bonchev–Trinajstić information content (AvgIpc) is 2.98. The van der Waals surface area contributed by atoms with Crippen molar-refractivity contribution in [2.24, 2.45) is 0 Å². The minimum absolute atomic E-state index is 0.520. The van der Waals surface area contributed by atoms with Gasteiger partial charge in [0.05, 0.1) is 9.72 Å². The van der Waals surface area contributed by atoms with E-state index in [-0.39, 0.29) is 0 Å². The summed E-state index contributed by atoms with van der Waals surface area (Å²) < 4.78 is 1.04. The Balaban J connectivity index is 1.63. The minimum atomic E-state index is 0.520. The van der Waals surface area contributed by atoms with Crippen LogP contribution in [0.3, 0.4) is 0 Å². The fourth-order valence-corrected chi connectivity index (χ4v) is 3.81. The largest absolute Gasteiger partial charge is 0.332 e. The van der Waals surface area contributed by atoms with Crippen LogP contribution >= 0.6 is 35.2 Å². The Labute approximate surface area is 156 Å². The van der Waals surface area contributed by atoms with Crippen molar-refractivity contribution in [1.29, 1.82) is 0 Å². The second kappa shape index (κ2) is 7.92. The number of anilines is 2. The Morgan fingerprint density at radius 2 is 1.96 bits per heavy atom. The Morgan fingerprint density at radius 1 is 1.17 bits per heavy atom. The van der Waals surface area contributed by atoms with Gasteiger partial charge in [-0.3, -0.25) is 0 Å². The molecule has 0 fully saturated rings. The number of unbranched alkanes of at least 4 members (excludes halogenated alkanes) is 1. The van der Waals surface area contributed by atoms with E-state index in [1.54, 1.807) is 0 Å². The molecule has 6 heteroatoms. The Morgan fingerprint density at radius 3 is 2.67 bits per heavy atom. The van der Waals surface area contributed by atoms with E-state index in [0.29, 0.717) is 10.1 Å². The molecule has 3 aromatic rings. The smallest absolute Gasteiger partial charge is 0.190 e. The molecule has 1 heterocycles. The van der Waals surface area contributed by atoms with E-state index >= 15 is 0 Å². The summed E-state index contributed by atoms with van der Waals surface area (Å²) in [5, 5.41) is 8.21. The van der Waals surface area contributed by atoms with Crippen molar-refractivity contribution in [2.75, 3.05) is 10.6 Å². The number of nitrogens with zero attached hydrogens (tertiary/aromatic N) is 1. The first-order chi connectivity index (χ1) is 11.7. The van der Waals surface area contributed by atoms with Crippen LogP contribution < -0.4 is 10.6 Å². The molecule has 2 aromatic carbocycles. The number of fused-ring (bicyclic) bond motifs is 1. The van der Waals surface area contributed by atoms with Crippen LogP contribution in [-0.2, 0) is 6.42 Å². The van der Waals surface area contributed by atoms with E-state index in [1.165, 1.54) is 29.7 Å². The summed E-state index contributed by atoms with van der Waals surface area (Å²) in [4.78, 5) is 4.49. The standard InChI is InChI=1S/C18H18ClN3S2/c1-2-3-5-12-8-10-13(11-9-12)20-17(23)22-18-21-16-14(19)6-4-7-15(16)24-18/h4,6-11H,2-3,5H2,1H3,(H2,20,21,22,23). The summed E-state index contributed by atoms with van der Waals surface area (Å²) in [5.74, 6) is 0. The van der Waals surface area contributed by atoms with E-state index in [0.717, 1.165) is 27.5 Å². The highest BCUT2D eigenvalue weighted by Gasteiger charge is 2.08. The second-order valence-electron chi connectivity index (χ2n) is 5.49. The number of hydrogen-bond donors (Lipinski definition) is 2. The summed E-state index contributed by atoms with van der Waals surface area (Å²) in [7, 11) is 0. The zero-order valence-corrected chi connectivity index (χ0v) is 15.7. The van der Waals surface area contributed by atoms with Crippen molar-refractivity contribution < 1.29 is 0 Å². The molecular formula is C18H18ClN3S2. The molecule has 0 amide bonds. The van der Waals surface area contributed by atoms with Crippen LogP contribution in [0.5, 0.6) is 0 Å².